The lowest BCUT2D eigenvalue weighted by Gasteiger charge is -2.37. The standard InChI is InChI=1S/C17H26O4/c1-5-14(18)20-12-8-6-10-17(12)11-7-9-13(17)21-15(19)16(2,3)4/h5,12-13H,1,6-11H2,2-4H3/t12-,13-,17-/m1/s1. The Balaban J connectivity index is 2.13. The van der Waals surface area contributed by atoms with Gasteiger partial charge in [0.1, 0.15) is 12.2 Å². The lowest BCUT2D eigenvalue weighted by atomic mass is 9.80. The van der Waals surface area contributed by atoms with Gasteiger partial charge in [-0.1, -0.05) is 6.58 Å². The van der Waals surface area contributed by atoms with Gasteiger partial charge in [0.2, 0.25) is 0 Å². The van der Waals surface area contributed by atoms with E-state index in [1.54, 1.807) is 0 Å². The Bertz CT molecular complexity index is 431. The van der Waals surface area contributed by atoms with Crippen molar-refractivity contribution in [3.05, 3.63) is 12.7 Å². The van der Waals surface area contributed by atoms with E-state index >= 15 is 0 Å². The predicted molar refractivity (Wildman–Crippen MR) is 79.5 cm³/mol. The van der Waals surface area contributed by atoms with Gasteiger partial charge in [0.05, 0.1) is 5.41 Å². The van der Waals surface area contributed by atoms with E-state index in [4.69, 9.17) is 9.47 Å². The molecule has 0 bridgehead atoms. The second-order valence-electron chi connectivity index (χ2n) is 7.29. The Labute approximate surface area is 126 Å². The van der Waals surface area contributed by atoms with E-state index in [2.05, 4.69) is 6.58 Å². The molecule has 0 amide bonds. The van der Waals surface area contributed by atoms with E-state index in [9.17, 15) is 9.59 Å². The van der Waals surface area contributed by atoms with Gasteiger partial charge in [0.25, 0.3) is 0 Å². The van der Waals surface area contributed by atoms with Crippen molar-refractivity contribution in [3.63, 3.8) is 0 Å². The van der Waals surface area contributed by atoms with Gasteiger partial charge in [0.15, 0.2) is 0 Å². The molecule has 0 N–H and O–H groups in total. The van der Waals surface area contributed by atoms with Crippen LogP contribution in [0.4, 0.5) is 0 Å². The lowest BCUT2D eigenvalue weighted by molar-refractivity contribution is -0.172. The molecule has 0 aromatic heterocycles. The normalized spacial score (nSPS) is 32.1. The van der Waals surface area contributed by atoms with Crippen molar-refractivity contribution in [3.8, 4) is 0 Å². The summed E-state index contributed by atoms with van der Waals surface area (Å²) in [5.74, 6) is -0.552. The summed E-state index contributed by atoms with van der Waals surface area (Å²) in [6.07, 6.45) is 6.60. The third kappa shape index (κ3) is 3.14. The monoisotopic (exact) mass is 294 g/mol. The average molecular weight is 294 g/mol. The van der Waals surface area contributed by atoms with E-state index in [1.165, 1.54) is 6.08 Å². The quantitative estimate of drug-likeness (QED) is 0.591. The Hall–Kier alpha value is -1.32. The zero-order valence-corrected chi connectivity index (χ0v) is 13.3. The smallest absolute Gasteiger partial charge is 0.330 e. The first kappa shape index (κ1) is 16.1. The summed E-state index contributed by atoms with van der Waals surface area (Å²) in [7, 11) is 0. The second kappa shape index (κ2) is 5.82. The summed E-state index contributed by atoms with van der Waals surface area (Å²) in [5, 5.41) is 0. The molecule has 0 aromatic rings. The van der Waals surface area contributed by atoms with E-state index in [1.807, 2.05) is 20.8 Å². The van der Waals surface area contributed by atoms with Gasteiger partial charge < -0.3 is 9.47 Å². The fraction of sp³-hybridized carbons (Fsp3) is 0.765. The zero-order chi connectivity index (χ0) is 15.7. The predicted octanol–water partition coefficient (Wildman–Crippen LogP) is 3.40. The molecule has 21 heavy (non-hydrogen) atoms. The second-order valence-corrected chi connectivity index (χ2v) is 7.29. The number of hydrogen-bond acceptors (Lipinski definition) is 4. The molecule has 3 atom stereocenters. The van der Waals surface area contributed by atoms with Crippen LogP contribution < -0.4 is 0 Å². The minimum Gasteiger partial charge on any atom is -0.461 e. The number of hydrogen-bond donors (Lipinski definition) is 0. The van der Waals surface area contributed by atoms with Crippen molar-refractivity contribution in [1.82, 2.24) is 0 Å². The molecule has 2 rings (SSSR count). The van der Waals surface area contributed by atoms with E-state index in [0.717, 1.165) is 38.5 Å². The van der Waals surface area contributed by atoms with Gasteiger partial charge in [-0.25, -0.2) is 4.79 Å². The van der Waals surface area contributed by atoms with Crippen molar-refractivity contribution >= 4 is 11.9 Å². The first-order chi connectivity index (χ1) is 9.79. The lowest BCUT2D eigenvalue weighted by Crippen LogP contribution is -2.43. The Morgan fingerprint density at radius 3 is 2.10 bits per heavy atom. The molecule has 2 fully saturated rings. The van der Waals surface area contributed by atoms with Crippen molar-refractivity contribution in [2.75, 3.05) is 0 Å². The van der Waals surface area contributed by atoms with Crippen LogP contribution in [-0.2, 0) is 19.1 Å². The van der Waals surface area contributed by atoms with Crippen LogP contribution in [0.2, 0.25) is 0 Å². The average Bonchev–Trinajstić information content (AvgIpc) is 2.98. The molecule has 0 radical (unpaired) electrons. The molecule has 118 valence electrons. The van der Waals surface area contributed by atoms with Crippen molar-refractivity contribution < 1.29 is 19.1 Å². The van der Waals surface area contributed by atoms with Crippen LogP contribution in [0, 0.1) is 10.8 Å². The van der Waals surface area contributed by atoms with Crippen molar-refractivity contribution in [2.24, 2.45) is 10.8 Å². The molecule has 2 aliphatic rings. The molecule has 0 saturated heterocycles. The molecule has 2 saturated carbocycles. The highest BCUT2D eigenvalue weighted by atomic mass is 16.6. The van der Waals surface area contributed by atoms with Crippen molar-refractivity contribution in [2.45, 2.75) is 71.5 Å². The Kier molecular flexibility index (Phi) is 4.45. The molecular formula is C17H26O4. The van der Waals surface area contributed by atoms with Gasteiger partial charge >= 0.3 is 11.9 Å². The van der Waals surface area contributed by atoms with E-state index in [0.29, 0.717) is 0 Å². The first-order valence-electron chi connectivity index (χ1n) is 7.84. The highest BCUT2D eigenvalue weighted by Crippen LogP contribution is 2.53. The maximum Gasteiger partial charge on any atom is 0.330 e. The molecular weight excluding hydrogens is 268 g/mol. The van der Waals surface area contributed by atoms with Crippen LogP contribution in [0.3, 0.4) is 0 Å². The molecule has 0 unspecified atom stereocenters. The van der Waals surface area contributed by atoms with E-state index in [-0.39, 0.29) is 29.6 Å². The van der Waals surface area contributed by atoms with Gasteiger partial charge in [-0.3, -0.25) is 4.79 Å². The molecule has 0 heterocycles. The van der Waals surface area contributed by atoms with Crippen LogP contribution >= 0.6 is 0 Å². The maximum atomic E-state index is 12.2. The molecule has 4 nitrogen and oxygen atoms in total. The van der Waals surface area contributed by atoms with Crippen LogP contribution in [-0.4, -0.2) is 24.1 Å². The van der Waals surface area contributed by atoms with Gasteiger partial charge in [-0.2, -0.15) is 0 Å². The minimum atomic E-state index is -0.504. The van der Waals surface area contributed by atoms with Crippen molar-refractivity contribution in [1.29, 1.82) is 0 Å². The van der Waals surface area contributed by atoms with Crippen LogP contribution in [0.25, 0.3) is 0 Å². The number of carbonyl (C=O) groups excluding carboxylic acids is 2. The fourth-order valence-corrected chi connectivity index (χ4v) is 3.63. The number of rotatable bonds is 3. The number of ether oxygens (including phenoxy) is 2. The summed E-state index contributed by atoms with van der Waals surface area (Å²) in [4.78, 5) is 23.7. The summed E-state index contributed by atoms with van der Waals surface area (Å²) < 4.78 is 11.4. The molecule has 0 aliphatic heterocycles. The Morgan fingerprint density at radius 1 is 1.10 bits per heavy atom. The number of esters is 2. The third-order valence-corrected chi connectivity index (χ3v) is 4.79. The molecule has 2 aliphatic carbocycles. The first-order valence-corrected chi connectivity index (χ1v) is 7.84. The van der Waals surface area contributed by atoms with Gasteiger partial charge in [-0.15, -0.1) is 0 Å². The summed E-state index contributed by atoms with van der Waals surface area (Å²) in [6.45, 7) is 9.04. The largest absolute Gasteiger partial charge is 0.461 e. The number of carbonyl (C=O) groups is 2. The fourth-order valence-electron chi connectivity index (χ4n) is 3.63. The van der Waals surface area contributed by atoms with Gasteiger partial charge in [0, 0.05) is 11.5 Å². The van der Waals surface area contributed by atoms with E-state index < -0.39 is 5.41 Å². The zero-order valence-electron chi connectivity index (χ0n) is 13.3. The topological polar surface area (TPSA) is 52.6 Å². The van der Waals surface area contributed by atoms with Crippen LogP contribution in [0.1, 0.15) is 59.3 Å². The van der Waals surface area contributed by atoms with Gasteiger partial charge in [-0.05, 0) is 59.3 Å². The third-order valence-electron chi connectivity index (χ3n) is 4.79. The molecule has 1 spiro atoms. The Morgan fingerprint density at radius 2 is 1.62 bits per heavy atom. The molecule has 4 heteroatoms. The van der Waals surface area contributed by atoms with Crippen LogP contribution in [0.15, 0.2) is 12.7 Å². The van der Waals surface area contributed by atoms with Crippen LogP contribution in [0.5, 0.6) is 0 Å². The summed E-state index contributed by atoms with van der Waals surface area (Å²) >= 11 is 0. The SMILES string of the molecule is C=CC(=O)O[C@@H]1CCC[C@@]12CCC[C@H]2OC(=O)C(C)(C)C. The maximum absolute atomic E-state index is 12.2. The molecule has 0 aromatic carbocycles. The summed E-state index contributed by atoms with van der Waals surface area (Å²) in [5.41, 5.74) is -0.685. The summed E-state index contributed by atoms with van der Waals surface area (Å²) in [6, 6.07) is 0. The highest BCUT2D eigenvalue weighted by Gasteiger charge is 2.55. The highest BCUT2D eigenvalue weighted by molar-refractivity contribution is 5.81. The minimum absolute atomic E-state index is 0.130.